The molecule has 5 rings (SSSR count). The van der Waals surface area contributed by atoms with Crippen LogP contribution in [0.15, 0.2) is 83.3 Å². The van der Waals surface area contributed by atoms with Gasteiger partial charge in [-0.05, 0) is 34.5 Å². The molecule has 0 saturated carbocycles. The maximum Gasteiger partial charge on any atom is 0.143 e. The highest BCUT2D eigenvalue weighted by Gasteiger charge is 2.14. The number of halogens is 1. The summed E-state index contributed by atoms with van der Waals surface area (Å²) in [4.78, 5) is 0. The molecule has 2 heteroatoms. The average Bonchev–Trinajstić information content (AvgIpc) is 3.01. The summed E-state index contributed by atoms with van der Waals surface area (Å²) in [6, 6.07) is 26.8. The predicted molar refractivity (Wildman–Crippen MR) is 102 cm³/mol. The molecule has 24 heavy (non-hydrogen) atoms. The van der Waals surface area contributed by atoms with E-state index in [0.717, 1.165) is 32.7 Å². The Morgan fingerprint density at radius 3 is 2.33 bits per heavy atom. The van der Waals surface area contributed by atoms with Crippen molar-refractivity contribution in [3.05, 3.63) is 83.9 Å². The van der Waals surface area contributed by atoms with Crippen LogP contribution in [0.3, 0.4) is 0 Å². The summed E-state index contributed by atoms with van der Waals surface area (Å²) < 4.78 is 6.24. The second-order valence-electron chi connectivity index (χ2n) is 5.95. The van der Waals surface area contributed by atoms with Gasteiger partial charge in [-0.1, -0.05) is 72.3 Å². The normalized spacial score (nSPS) is 11.5. The van der Waals surface area contributed by atoms with E-state index in [9.17, 15) is 0 Å². The van der Waals surface area contributed by atoms with E-state index < -0.39 is 0 Å². The molecule has 0 fully saturated rings. The van der Waals surface area contributed by atoms with Gasteiger partial charge in [-0.15, -0.1) is 0 Å². The van der Waals surface area contributed by atoms with Crippen LogP contribution in [0.1, 0.15) is 0 Å². The van der Waals surface area contributed by atoms with E-state index in [2.05, 4.69) is 54.6 Å². The molecule has 0 unspecified atom stereocenters. The fraction of sp³-hybridized carbons (Fsp3) is 0. The van der Waals surface area contributed by atoms with Gasteiger partial charge in [0.1, 0.15) is 11.2 Å². The van der Waals surface area contributed by atoms with Gasteiger partial charge in [0.25, 0.3) is 0 Å². The zero-order valence-electron chi connectivity index (χ0n) is 12.8. The molecule has 0 radical (unpaired) electrons. The highest BCUT2D eigenvalue weighted by atomic mass is 35.5. The van der Waals surface area contributed by atoms with Gasteiger partial charge in [0, 0.05) is 21.4 Å². The fourth-order valence-corrected chi connectivity index (χ4v) is 3.55. The number of furan rings is 1. The maximum atomic E-state index is 6.24. The Labute approximate surface area is 144 Å². The van der Waals surface area contributed by atoms with Crippen molar-refractivity contribution >= 4 is 44.3 Å². The van der Waals surface area contributed by atoms with Crippen LogP contribution in [-0.2, 0) is 0 Å². The molecule has 4 aromatic carbocycles. The molecule has 1 aromatic heterocycles. The summed E-state index contributed by atoms with van der Waals surface area (Å²) in [6.07, 6.45) is 0. The quantitative estimate of drug-likeness (QED) is 0.321. The first kappa shape index (κ1) is 13.6. The van der Waals surface area contributed by atoms with Gasteiger partial charge in [0.05, 0.1) is 0 Å². The van der Waals surface area contributed by atoms with Crippen LogP contribution in [0.5, 0.6) is 0 Å². The number of benzene rings is 4. The maximum absolute atomic E-state index is 6.24. The number of hydrogen-bond donors (Lipinski definition) is 0. The van der Waals surface area contributed by atoms with Crippen molar-refractivity contribution in [2.24, 2.45) is 0 Å². The van der Waals surface area contributed by atoms with Crippen LogP contribution >= 0.6 is 11.6 Å². The molecule has 0 saturated heterocycles. The van der Waals surface area contributed by atoms with Gasteiger partial charge in [0.15, 0.2) is 0 Å². The van der Waals surface area contributed by atoms with Crippen LogP contribution in [-0.4, -0.2) is 0 Å². The van der Waals surface area contributed by atoms with Crippen molar-refractivity contribution in [1.82, 2.24) is 0 Å². The summed E-state index contributed by atoms with van der Waals surface area (Å²) in [6.45, 7) is 0. The molecule has 0 aliphatic rings. The Bertz CT molecular complexity index is 1200. The molecule has 0 N–H and O–H groups in total. The molecular weight excluding hydrogens is 316 g/mol. The molecule has 0 amide bonds. The minimum Gasteiger partial charge on any atom is -0.455 e. The highest BCUT2D eigenvalue weighted by molar-refractivity contribution is 6.30. The first-order valence-electron chi connectivity index (χ1n) is 7.90. The summed E-state index contributed by atoms with van der Waals surface area (Å²) in [5, 5.41) is 5.52. The molecule has 0 spiro atoms. The van der Waals surface area contributed by atoms with E-state index in [1.54, 1.807) is 0 Å². The lowest BCUT2D eigenvalue weighted by Crippen LogP contribution is -1.78. The Hall–Kier alpha value is -2.77. The second-order valence-corrected chi connectivity index (χ2v) is 6.39. The van der Waals surface area contributed by atoms with E-state index in [1.165, 1.54) is 16.2 Å². The number of hydrogen-bond acceptors (Lipinski definition) is 1. The molecule has 0 atom stereocenters. The minimum absolute atomic E-state index is 0.738. The summed E-state index contributed by atoms with van der Waals surface area (Å²) in [7, 11) is 0. The van der Waals surface area contributed by atoms with E-state index in [1.807, 2.05) is 24.3 Å². The largest absolute Gasteiger partial charge is 0.455 e. The first-order chi connectivity index (χ1) is 11.8. The second kappa shape index (κ2) is 5.12. The number of rotatable bonds is 1. The van der Waals surface area contributed by atoms with Gasteiger partial charge in [-0.2, -0.15) is 0 Å². The van der Waals surface area contributed by atoms with Crippen molar-refractivity contribution in [3.63, 3.8) is 0 Å². The third-order valence-corrected chi connectivity index (χ3v) is 4.79. The Balaban J connectivity index is 1.91. The molecule has 0 bridgehead atoms. The third kappa shape index (κ3) is 1.95. The van der Waals surface area contributed by atoms with E-state index in [-0.39, 0.29) is 0 Å². The van der Waals surface area contributed by atoms with Gasteiger partial charge in [-0.25, -0.2) is 0 Å². The first-order valence-corrected chi connectivity index (χ1v) is 8.28. The van der Waals surface area contributed by atoms with Gasteiger partial charge in [-0.3, -0.25) is 0 Å². The zero-order chi connectivity index (χ0) is 16.1. The molecule has 1 nitrogen and oxygen atoms in total. The standard InChI is InChI=1S/C22H13ClO/c23-16-11-8-15(9-12-16)18-6-3-7-19-21-17-5-2-1-4-14(17)10-13-20(21)24-22(18)19/h1-13H. The number of para-hydroxylation sites is 1. The van der Waals surface area contributed by atoms with Crippen molar-refractivity contribution in [1.29, 1.82) is 0 Å². The van der Waals surface area contributed by atoms with Crippen LogP contribution < -0.4 is 0 Å². The Kier molecular flexibility index (Phi) is 2.91. The molecular formula is C22H13ClO. The van der Waals surface area contributed by atoms with Crippen molar-refractivity contribution in [3.8, 4) is 11.1 Å². The van der Waals surface area contributed by atoms with Crippen LogP contribution in [0, 0.1) is 0 Å². The van der Waals surface area contributed by atoms with E-state index in [4.69, 9.17) is 16.0 Å². The minimum atomic E-state index is 0.738. The Morgan fingerprint density at radius 2 is 1.46 bits per heavy atom. The third-order valence-electron chi connectivity index (χ3n) is 4.54. The van der Waals surface area contributed by atoms with Crippen LogP contribution in [0.2, 0.25) is 5.02 Å². The fourth-order valence-electron chi connectivity index (χ4n) is 3.42. The summed E-state index contributed by atoms with van der Waals surface area (Å²) in [5.74, 6) is 0. The van der Waals surface area contributed by atoms with Gasteiger partial charge < -0.3 is 4.42 Å². The van der Waals surface area contributed by atoms with E-state index >= 15 is 0 Å². The van der Waals surface area contributed by atoms with Gasteiger partial charge in [0.2, 0.25) is 0 Å². The lowest BCUT2D eigenvalue weighted by atomic mass is 10.00. The van der Waals surface area contributed by atoms with Crippen molar-refractivity contribution in [2.75, 3.05) is 0 Å². The van der Waals surface area contributed by atoms with Crippen LogP contribution in [0.4, 0.5) is 0 Å². The van der Waals surface area contributed by atoms with Crippen molar-refractivity contribution < 1.29 is 4.42 Å². The van der Waals surface area contributed by atoms with Crippen LogP contribution in [0.25, 0.3) is 43.8 Å². The van der Waals surface area contributed by atoms with Gasteiger partial charge >= 0.3 is 0 Å². The lowest BCUT2D eigenvalue weighted by Gasteiger charge is -2.03. The highest BCUT2D eigenvalue weighted by Crippen LogP contribution is 2.39. The number of fused-ring (bicyclic) bond motifs is 5. The van der Waals surface area contributed by atoms with E-state index in [0.29, 0.717) is 0 Å². The summed E-state index contributed by atoms with van der Waals surface area (Å²) in [5.41, 5.74) is 4.04. The Morgan fingerprint density at radius 1 is 0.667 bits per heavy atom. The predicted octanol–water partition coefficient (Wildman–Crippen LogP) is 7.06. The monoisotopic (exact) mass is 328 g/mol. The molecule has 1 heterocycles. The molecule has 5 aromatic rings. The molecule has 0 aliphatic carbocycles. The smallest absolute Gasteiger partial charge is 0.143 e. The molecule has 114 valence electrons. The average molecular weight is 329 g/mol. The topological polar surface area (TPSA) is 13.1 Å². The molecule has 0 aliphatic heterocycles. The van der Waals surface area contributed by atoms with Crippen molar-refractivity contribution in [2.45, 2.75) is 0 Å². The zero-order valence-corrected chi connectivity index (χ0v) is 13.5. The SMILES string of the molecule is Clc1ccc(-c2cccc3c2oc2ccc4ccccc4c23)cc1. The summed E-state index contributed by atoms with van der Waals surface area (Å²) >= 11 is 6.02. The lowest BCUT2D eigenvalue weighted by molar-refractivity contribution is 0.670.